The molecule has 0 aromatic heterocycles. The fraction of sp³-hybridized carbons (Fsp3) is 0.769. The molecule has 0 aromatic rings. The molecule has 0 N–H and O–H groups in total. The summed E-state index contributed by atoms with van der Waals surface area (Å²) in [5.74, 6) is 1.60. The summed E-state index contributed by atoms with van der Waals surface area (Å²) >= 11 is 0. The molecule has 0 bridgehead atoms. The highest BCUT2D eigenvalue weighted by atomic mass is 14.7. The topological polar surface area (TPSA) is 12.4 Å². The minimum absolute atomic E-state index is 0.733. The van der Waals surface area contributed by atoms with Crippen molar-refractivity contribution >= 4 is 5.71 Å². The Morgan fingerprint density at radius 1 is 1.50 bits per heavy atom. The van der Waals surface area contributed by atoms with Gasteiger partial charge in [0.15, 0.2) is 0 Å². The van der Waals surface area contributed by atoms with Crippen molar-refractivity contribution in [3.05, 3.63) is 11.6 Å². The number of rotatable bonds is 4. The van der Waals surface area contributed by atoms with Gasteiger partial charge in [-0.15, -0.1) is 0 Å². The summed E-state index contributed by atoms with van der Waals surface area (Å²) in [6.45, 7) is 6.71. The molecule has 0 heterocycles. The van der Waals surface area contributed by atoms with Crippen LogP contribution in [0.4, 0.5) is 0 Å². The Morgan fingerprint density at radius 3 is 2.50 bits per heavy atom. The van der Waals surface area contributed by atoms with Crippen molar-refractivity contribution in [3.63, 3.8) is 0 Å². The number of nitrogens with zero attached hydrogens (tertiary/aromatic N) is 1. The summed E-state index contributed by atoms with van der Waals surface area (Å²) < 4.78 is 0. The van der Waals surface area contributed by atoms with Crippen molar-refractivity contribution in [2.45, 2.75) is 46.5 Å². The molecule has 1 rings (SSSR count). The van der Waals surface area contributed by atoms with Crippen molar-refractivity contribution in [2.75, 3.05) is 7.05 Å². The lowest BCUT2D eigenvalue weighted by molar-refractivity contribution is 0.338. The van der Waals surface area contributed by atoms with Crippen molar-refractivity contribution in [3.8, 4) is 0 Å². The maximum absolute atomic E-state index is 4.23. The molecule has 1 unspecified atom stereocenters. The lowest BCUT2D eigenvalue weighted by Crippen LogP contribution is -2.19. The molecule has 14 heavy (non-hydrogen) atoms. The first-order valence-electron chi connectivity index (χ1n) is 5.83. The third-order valence-corrected chi connectivity index (χ3v) is 3.49. The Bertz CT molecular complexity index is 227. The molecule has 0 saturated heterocycles. The molecule has 0 amide bonds. The second-order valence-electron chi connectivity index (χ2n) is 4.45. The SMILES string of the molecule is CCC(C)/C(=C\C(C)=NC)C1CCC1. The molecule has 80 valence electrons. The molecule has 1 aliphatic rings. The molecular formula is C13H23N. The number of hydrogen-bond donors (Lipinski definition) is 0. The quantitative estimate of drug-likeness (QED) is 0.601. The predicted octanol–water partition coefficient (Wildman–Crippen LogP) is 3.85. The van der Waals surface area contributed by atoms with E-state index in [1.165, 1.54) is 31.4 Å². The zero-order valence-corrected chi connectivity index (χ0v) is 10.0. The largest absolute Gasteiger partial charge is 0.293 e. The van der Waals surface area contributed by atoms with Gasteiger partial charge < -0.3 is 0 Å². The lowest BCUT2D eigenvalue weighted by Gasteiger charge is -2.31. The van der Waals surface area contributed by atoms with Crippen LogP contribution in [0.5, 0.6) is 0 Å². The third kappa shape index (κ3) is 2.70. The molecule has 1 aliphatic carbocycles. The Kier molecular flexibility index (Phi) is 4.37. The molecule has 1 atom stereocenters. The van der Waals surface area contributed by atoms with Crippen molar-refractivity contribution < 1.29 is 0 Å². The first kappa shape index (κ1) is 11.5. The van der Waals surface area contributed by atoms with Crippen LogP contribution in [0, 0.1) is 11.8 Å². The molecule has 1 nitrogen and oxygen atoms in total. The van der Waals surface area contributed by atoms with E-state index in [-0.39, 0.29) is 0 Å². The summed E-state index contributed by atoms with van der Waals surface area (Å²) in [4.78, 5) is 4.23. The van der Waals surface area contributed by atoms with Crippen LogP contribution >= 0.6 is 0 Å². The average Bonchev–Trinajstić information content (AvgIpc) is 2.12. The first-order valence-corrected chi connectivity index (χ1v) is 5.83. The molecule has 0 radical (unpaired) electrons. The van der Waals surface area contributed by atoms with E-state index in [0.717, 1.165) is 11.8 Å². The van der Waals surface area contributed by atoms with E-state index in [1.54, 1.807) is 5.57 Å². The minimum atomic E-state index is 0.733. The van der Waals surface area contributed by atoms with Gasteiger partial charge in [0.25, 0.3) is 0 Å². The van der Waals surface area contributed by atoms with Crippen LogP contribution in [-0.4, -0.2) is 12.8 Å². The summed E-state index contributed by atoms with van der Waals surface area (Å²) in [5.41, 5.74) is 2.81. The monoisotopic (exact) mass is 193 g/mol. The van der Waals surface area contributed by atoms with Gasteiger partial charge in [0.2, 0.25) is 0 Å². The van der Waals surface area contributed by atoms with E-state index >= 15 is 0 Å². The van der Waals surface area contributed by atoms with Crippen LogP contribution in [0.1, 0.15) is 46.5 Å². The lowest BCUT2D eigenvalue weighted by atomic mass is 9.74. The third-order valence-electron chi connectivity index (χ3n) is 3.49. The summed E-state index contributed by atoms with van der Waals surface area (Å²) in [6.07, 6.45) is 7.78. The molecule has 1 saturated carbocycles. The predicted molar refractivity (Wildman–Crippen MR) is 63.9 cm³/mol. The highest BCUT2D eigenvalue weighted by Crippen LogP contribution is 2.37. The van der Waals surface area contributed by atoms with Gasteiger partial charge in [-0.25, -0.2) is 0 Å². The Balaban J connectivity index is 2.74. The molecular weight excluding hydrogens is 170 g/mol. The standard InChI is InChI=1S/C13H23N/c1-5-10(2)13(9-11(3)14-4)12-7-6-8-12/h9-10,12H,5-8H2,1-4H3/b13-9+,14-11?. The highest BCUT2D eigenvalue weighted by molar-refractivity contribution is 5.93. The van der Waals surface area contributed by atoms with Crippen LogP contribution in [0.3, 0.4) is 0 Å². The molecule has 1 heteroatoms. The van der Waals surface area contributed by atoms with E-state index in [2.05, 4.69) is 31.8 Å². The summed E-state index contributed by atoms with van der Waals surface area (Å²) in [7, 11) is 1.88. The Hall–Kier alpha value is -0.590. The van der Waals surface area contributed by atoms with Crippen molar-refractivity contribution in [2.24, 2.45) is 16.8 Å². The molecule has 0 spiro atoms. The van der Waals surface area contributed by atoms with Gasteiger partial charge in [-0.05, 0) is 44.1 Å². The van der Waals surface area contributed by atoms with Gasteiger partial charge in [-0.1, -0.05) is 25.8 Å². The first-order chi connectivity index (χ1) is 6.69. The van der Waals surface area contributed by atoms with Gasteiger partial charge >= 0.3 is 0 Å². The van der Waals surface area contributed by atoms with Crippen LogP contribution in [0.25, 0.3) is 0 Å². The van der Waals surface area contributed by atoms with Gasteiger partial charge in [-0.2, -0.15) is 0 Å². The Morgan fingerprint density at radius 2 is 2.14 bits per heavy atom. The highest BCUT2D eigenvalue weighted by Gasteiger charge is 2.24. The normalized spacial score (nSPS) is 22.0. The van der Waals surface area contributed by atoms with Crippen LogP contribution in [-0.2, 0) is 0 Å². The molecule has 1 fully saturated rings. The number of aliphatic imine (C=N–C) groups is 1. The molecule has 0 aromatic carbocycles. The summed E-state index contributed by atoms with van der Waals surface area (Å²) in [5, 5.41) is 0. The van der Waals surface area contributed by atoms with E-state index in [9.17, 15) is 0 Å². The van der Waals surface area contributed by atoms with Gasteiger partial charge in [-0.3, -0.25) is 4.99 Å². The second-order valence-corrected chi connectivity index (χ2v) is 4.45. The van der Waals surface area contributed by atoms with Crippen molar-refractivity contribution in [1.82, 2.24) is 0 Å². The second kappa shape index (κ2) is 5.33. The maximum Gasteiger partial charge on any atom is 0.0313 e. The number of hydrogen-bond acceptors (Lipinski definition) is 1. The van der Waals surface area contributed by atoms with Crippen LogP contribution in [0.15, 0.2) is 16.6 Å². The van der Waals surface area contributed by atoms with E-state index in [0.29, 0.717) is 0 Å². The maximum atomic E-state index is 4.23. The Labute approximate surface area is 88.3 Å². The van der Waals surface area contributed by atoms with E-state index in [1.807, 2.05) is 7.05 Å². The average molecular weight is 193 g/mol. The summed E-state index contributed by atoms with van der Waals surface area (Å²) in [6, 6.07) is 0. The minimum Gasteiger partial charge on any atom is -0.293 e. The van der Waals surface area contributed by atoms with E-state index in [4.69, 9.17) is 0 Å². The zero-order valence-electron chi connectivity index (χ0n) is 10.0. The van der Waals surface area contributed by atoms with Crippen molar-refractivity contribution in [1.29, 1.82) is 0 Å². The smallest absolute Gasteiger partial charge is 0.0313 e. The van der Waals surface area contributed by atoms with Gasteiger partial charge in [0.05, 0.1) is 0 Å². The number of allylic oxidation sites excluding steroid dienone is 2. The zero-order chi connectivity index (χ0) is 10.6. The van der Waals surface area contributed by atoms with Gasteiger partial charge in [0, 0.05) is 12.8 Å². The van der Waals surface area contributed by atoms with Gasteiger partial charge in [0.1, 0.15) is 0 Å². The van der Waals surface area contributed by atoms with Crippen LogP contribution < -0.4 is 0 Å². The molecule has 0 aliphatic heterocycles. The van der Waals surface area contributed by atoms with E-state index < -0.39 is 0 Å². The fourth-order valence-electron chi connectivity index (χ4n) is 1.95. The fourth-order valence-corrected chi connectivity index (χ4v) is 1.95. The van der Waals surface area contributed by atoms with Crippen LogP contribution in [0.2, 0.25) is 0 Å².